The molecule has 1 aromatic heterocycles. The molecule has 2 aromatic carbocycles. The highest BCUT2D eigenvalue weighted by molar-refractivity contribution is 5.96. The van der Waals surface area contributed by atoms with Gasteiger partial charge in [0.05, 0.1) is 18.7 Å². The summed E-state index contributed by atoms with van der Waals surface area (Å²) in [6.07, 6.45) is 1.44. The molecule has 0 spiro atoms. The summed E-state index contributed by atoms with van der Waals surface area (Å²) in [5.41, 5.74) is 7.28. The predicted molar refractivity (Wildman–Crippen MR) is 120 cm³/mol. The van der Waals surface area contributed by atoms with Crippen molar-refractivity contribution in [1.29, 1.82) is 5.26 Å². The van der Waals surface area contributed by atoms with Crippen LogP contribution in [-0.4, -0.2) is 36.0 Å². The lowest BCUT2D eigenvalue weighted by Gasteiger charge is -2.23. The lowest BCUT2D eigenvalue weighted by atomic mass is 10.0. The van der Waals surface area contributed by atoms with Crippen LogP contribution in [0.3, 0.4) is 0 Å². The number of carbonyl (C=O) groups is 1. The van der Waals surface area contributed by atoms with E-state index >= 15 is 0 Å². The van der Waals surface area contributed by atoms with Gasteiger partial charge >= 0.3 is 0 Å². The molecule has 3 N–H and O–H groups in total. The fourth-order valence-corrected chi connectivity index (χ4v) is 3.93. The van der Waals surface area contributed by atoms with Gasteiger partial charge < -0.3 is 20.5 Å². The second kappa shape index (κ2) is 9.89. The van der Waals surface area contributed by atoms with E-state index in [9.17, 15) is 18.8 Å². The van der Waals surface area contributed by atoms with Crippen molar-refractivity contribution in [2.45, 2.75) is 25.4 Å². The Morgan fingerprint density at radius 2 is 2.06 bits per heavy atom. The summed E-state index contributed by atoms with van der Waals surface area (Å²) in [7, 11) is 1.37. The molecular weight excluding hydrogens is 444 g/mol. The summed E-state index contributed by atoms with van der Waals surface area (Å²) < 4.78 is 40.5. The average molecular weight is 467 g/mol. The molecule has 34 heavy (non-hydrogen) atoms. The maximum atomic E-state index is 14.9. The summed E-state index contributed by atoms with van der Waals surface area (Å²) >= 11 is 0. The van der Waals surface area contributed by atoms with Crippen LogP contribution in [-0.2, 0) is 11.3 Å². The number of aromatic nitrogens is 2. The Morgan fingerprint density at radius 3 is 2.74 bits per heavy atom. The number of ether oxygens (including phenoxy) is 2. The zero-order valence-electron chi connectivity index (χ0n) is 18.5. The molecule has 1 aliphatic heterocycles. The zero-order valence-corrected chi connectivity index (χ0v) is 18.5. The summed E-state index contributed by atoms with van der Waals surface area (Å²) in [6.45, 7) is 1.03. The Bertz CT molecular complexity index is 1260. The first kappa shape index (κ1) is 23.2. The van der Waals surface area contributed by atoms with E-state index in [-0.39, 0.29) is 40.8 Å². The number of nitriles is 1. The van der Waals surface area contributed by atoms with Crippen molar-refractivity contribution in [3.8, 4) is 23.1 Å². The number of rotatable bonds is 6. The van der Waals surface area contributed by atoms with Gasteiger partial charge in [-0.15, -0.1) is 0 Å². The van der Waals surface area contributed by atoms with Crippen molar-refractivity contribution in [3.63, 3.8) is 0 Å². The minimum atomic E-state index is -0.602. The molecule has 0 unspecified atom stereocenters. The van der Waals surface area contributed by atoms with Gasteiger partial charge in [0.15, 0.2) is 0 Å². The SMILES string of the molecule is COc1ccc(F)cc1C(=O)NCc1ccc(-c2nn(C3CCOCC3)c(N)c2C#N)cc1F. The second-order valence-electron chi connectivity index (χ2n) is 7.84. The first-order valence-electron chi connectivity index (χ1n) is 10.7. The number of amides is 1. The Labute approximate surface area is 194 Å². The quantitative estimate of drug-likeness (QED) is 0.573. The van der Waals surface area contributed by atoms with E-state index < -0.39 is 17.5 Å². The number of carbonyl (C=O) groups excluding carboxylic acids is 1. The van der Waals surface area contributed by atoms with Gasteiger partial charge in [-0.1, -0.05) is 12.1 Å². The number of anilines is 1. The van der Waals surface area contributed by atoms with E-state index in [2.05, 4.69) is 16.5 Å². The van der Waals surface area contributed by atoms with E-state index in [1.165, 1.54) is 31.4 Å². The van der Waals surface area contributed by atoms with Crippen molar-refractivity contribution in [2.75, 3.05) is 26.1 Å². The first-order valence-corrected chi connectivity index (χ1v) is 10.7. The Hall–Kier alpha value is -3.97. The number of hydrogen-bond acceptors (Lipinski definition) is 6. The van der Waals surface area contributed by atoms with Crippen LogP contribution in [0.2, 0.25) is 0 Å². The van der Waals surface area contributed by atoms with Gasteiger partial charge in [0, 0.05) is 30.9 Å². The Kier molecular flexibility index (Phi) is 6.75. The molecule has 0 aliphatic carbocycles. The van der Waals surface area contributed by atoms with E-state index in [0.29, 0.717) is 24.5 Å². The fourth-order valence-electron chi connectivity index (χ4n) is 3.93. The van der Waals surface area contributed by atoms with Crippen LogP contribution in [0.5, 0.6) is 5.75 Å². The molecule has 2 heterocycles. The third-order valence-electron chi connectivity index (χ3n) is 5.77. The van der Waals surface area contributed by atoms with Gasteiger partial charge in [0.1, 0.15) is 40.5 Å². The third kappa shape index (κ3) is 4.56. The molecule has 10 heteroatoms. The number of methoxy groups -OCH3 is 1. The Morgan fingerprint density at radius 1 is 1.29 bits per heavy atom. The molecule has 1 fully saturated rings. The van der Waals surface area contributed by atoms with Crippen LogP contribution < -0.4 is 15.8 Å². The number of nitrogens with two attached hydrogens (primary N) is 1. The molecule has 0 saturated carbocycles. The largest absolute Gasteiger partial charge is 0.496 e. The molecular formula is C24H23F2N5O3. The number of nitrogens with zero attached hydrogens (tertiary/aromatic N) is 3. The van der Waals surface area contributed by atoms with Crippen LogP contribution in [0, 0.1) is 23.0 Å². The average Bonchev–Trinajstić information content (AvgIpc) is 3.19. The lowest BCUT2D eigenvalue weighted by Crippen LogP contribution is -2.24. The molecule has 1 saturated heterocycles. The van der Waals surface area contributed by atoms with Gasteiger partial charge in [0.25, 0.3) is 5.91 Å². The maximum absolute atomic E-state index is 14.9. The highest BCUT2D eigenvalue weighted by atomic mass is 19.1. The van der Waals surface area contributed by atoms with Crippen LogP contribution in [0.25, 0.3) is 11.3 Å². The van der Waals surface area contributed by atoms with Crippen molar-refractivity contribution >= 4 is 11.7 Å². The molecule has 0 atom stereocenters. The van der Waals surface area contributed by atoms with Crippen LogP contribution in [0.15, 0.2) is 36.4 Å². The topological polar surface area (TPSA) is 115 Å². The second-order valence-corrected chi connectivity index (χ2v) is 7.84. The van der Waals surface area contributed by atoms with Crippen molar-refractivity contribution in [3.05, 3.63) is 64.7 Å². The summed E-state index contributed by atoms with van der Waals surface area (Å²) in [6, 6.07) is 10.0. The normalized spacial score (nSPS) is 13.9. The minimum absolute atomic E-state index is 0.00678. The number of halogens is 2. The number of nitrogens with one attached hydrogen (secondary N) is 1. The molecule has 0 bridgehead atoms. The van der Waals surface area contributed by atoms with Gasteiger partial charge in [-0.2, -0.15) is 10.4 Å². The monoisotopic (exact) mass is 467 g/mol. The van der Waals surface area contributed by atoms with Crippen molar-refractivity contribution < 1.29 is 23.0 Å². The lowest BCUT2D eigenvalue weighted by molar-refractivity contribution is 0.0669. The first-order chi connectivity index (χ1) is 16.4. The summed E-state index contributed by atoms with van der Waals surface area (Å²) in [5.74, 6) is -1.34. The summed E-state index contributed by atoms with van der Waals surface area (Å²) in [5, 5.41) is 16.7. The highest BCUT2D eigenvalue weighted by Crippen LogP contribution is 2.32. The van der Waals surface area contributed by atoms with E-state index in [0.717, 1.165) is 18.9 Å². The van der Waals surface area contributed by atoms with Crippen molar-refractivity contribution in [2.24, 2.45) is 0 Å². The summed E-state index contributed by atoms with van der Waals surface area (Å²) in [4.78, 5) is 12.5. The van der Waals surface area contributed by atoms with Gasteiger partial charge in [-0.3, -0.25) is 4.79 Å². The smallest absolute Gasteiger partial charge is 0.255 e. The fraction of sp³-hybridized carbons (Fsp3) is 0.292. The number of hydrogen-bond donors (Lipinski definition) is 2. The van der Waals surface area contributed by atoms with E-state index in [1.807, 2.05) is 0 Å². The number of benzene rings is 2. The third-order valence-corrected chi connectivity index (χ3v) is 5.77. The predicted octanol–water partition coefficient (Wildman–Crippen LogP) is 3.57. The molecule has 8 nitrogen and oxygen atoms in total. The van der Waals surface area contributed by atoms with Crippen LogP contribution in [0.4, 0.5) is 14.6 Å². The van der Waals surface area contributed by atoms with Gasteiger partial charge in [-0.25, -0.2) is 13.5 Å². The minimum Gasteiger partial charge on any atom is -0.496 e. The molecule has 3 aromatic rings. The molecule has 1 aliphatic rings. The number of nitrogen functional groups attached to an aromatic ring is 1. The highest BCUT2D eigenvalue weighted by Gasteiger charge is 2.24. The molecule has 176 valence electrons. The van der Waals surface area contributed by atoms with Crippen LogP contribution >= 0.6 is 0 Å². The van der Waals surface area contributed by atoms with Crippen molar-refractivity contribution in [1.82, 2.24) is 15.1 Å². The molecule has 0 radical (unpaired) electrons. The van der Waals surface area contributed by atoms with E-state index in [4.69, 9.17) is 15.2 Å². The molecule has 1 amide bonds. The van der Waals surface area contributed by atoms with Gasteiger partial charge in [-0.05, 0) is 37.1 Å². The standard InChI is InChI=1S/C24H23F2N5O3/c1-33-21-5-4-16(25)11-18(21)24(32)29-13-15-3-2-14(10-20(15)26)22-19(12-27)23(28)31(30-22)17-6-8-34-9-7-17/h2-5,10-11,17H,6-9,13,28H2,1H3,(H,29,32). The van der Waals surface area contributed by atoms with E-state index in [1.54, 1.807) is 10.7 Å². The molecule has 4 rings (SSSR count). The van der Waals surface area contributed by atoms with Crippen LogP contribution in [0.1, 0.15) is 40.4 Å². The van der Waals surface area contributed by atoms with Gasteiger partial charge in [0.2, 0.25) is 0 Å². The Balaban J connectivity index is 1.54. The maximum Gasteiger partial charge on any atom is 0.255 e. The zero-order chi connectivity index (χ0) is 24.2.